The quantitative estimate of drug-likeness (QED) is 0.314. The Kier molecular flexibility index (Phi) is 6.34. The van der Waals surface area contributed by atoms with Crippen LogP contribution in [0, 0.1) is 5.92 Å². The van der Waals surface area contributed by atoms with Gasteiger partial charge in [-0.3, -0.25) is 0 Å². The van der Waals surface area contributed by atoms with E-state index in [1.165, 1.54) is 0 Å². The van der Waals surface area contributed by atoms with Crippen molar-refractivity contribution in [2.24, 2.45) is 5.92 Å². The molecule has 0 radical (unpaired) electrons. The average molecular weight is 338 g/mol. The Morgan fingerprint density at radius 3 is 1.87 bits per heavy atom. The van der Waals surface area contributed by atoms with E-state index in [4.69, 9.17) is 19.3 Å². The molecule has 0 amide bonds. The fraction of sp³-hybridized carbons (Fsp3) is 1.00. The van der Waals surface area contributed by atoms with Gasteiger partial charge >= 0.3 is 0 Å². The lowest BCUT2D eigenvalue weighted by atomic mass is 9.91. The summed E-state index contributed by atoms with van der Waals surface area (Å²) in [4.78, 5) is 0. The summed E-state index contributed by atoms with van der Waals surface area (Å²) < 4.78 is 16.5. The van der Waals surface area contributed by atoms with Crippen molar-refractivity contribution in [1.29, 1.82) is 0 Å². The normalized spacial score (nSPS) is 51.7. The van der Waals surface area contributed by atoms with Crippen molar-refractivity contribution in [3.05, 3.63) is 0 Å². The maximum Gasteiger partial charge on any atom is 0.163 e. The molecule has 0 bridgehead atoms. The molecule has 5 unspecified atom stereocenters. The molecule has 10 atom stereocenters. The van der Waals surface area contributed by atoms with E-state index in [1.807, 2.05) is 0 Å². The molecule has 0 saturated carbocycles. The highest BCUT2D eigenvalue weighted by Crippen LogP contribution is 2.31. The standard InChI is InChI=1S/C14H26O9/c1-5-9(17)10(18)8(4-16)22-14(5)23-13-6(2)21-7(3-15)11(19)12(13)20/h5-20H,3-4H2,1-2H3/t5?,6-,7?,8+,9?,10-,11-,12?,13?,14+/m1/s1. The zero-order chi connectivity index (χ0) is 17.3. The van der Waals surface area contributed by atoms with Crippen LogP contribution in [0.3, 0.4) is 0 Å². The summed E-state index contributed by atoms with van der Waals surface area (Å²) in [6.45, 7) is 2.27. The fourth-order valence-electron chi connectivity index (χ4n) is 3.00. The largest absolute Gasteiger partial charge is 0.394 e. The molecule has 0 aliphatic carbocycles. The van der Waals surface area contributed by atoms with E-state index in [0.29, 0.717) is 0 Å². The Balaban J connectivity index is 2.08. The van der Waals surface area contributed by atoms with Gasteiger partial charge in [0.15, 0.2) is 6.29 Å². The van der Waals surface area contributed by atoms with E-state index in [-0.39, 0.29) is 0 Å². The summed E-state index contributed by atoms with van der Waals surface area (Å²) in [6.07, 6.45) is -9.59. The Labute approximate surface area is 134 Å². The lowest BCUT2D eigenvalue weighted by molar-refractivity contribution is -0.328. The van der Waals surface area contributed by atoms with Gasteiger partial charge in [0.05, 0.1) is 25.4 Å². The molecule has 0 aromatic heterocycles. The van der Waals surface area contributed by atoms with Gasteiger partial charge in [-0.25, -0.2) is 0 Å². The third-order valence-corrected chi connectivity index (χ3v) is 4.58. The fourth-order valence-corrected chi connectivity index (χ4v) is 3.00. The molecule has 9 nitrogen and oxygen atoms in total. The molecule has 9 heteroatoms. The van der Waals surface area contributed by atoms with Crippen molar-refractivity contribution in [3.63, 3.8) is 0 Å². The monoisotopic (exact) mass is 338 g/mol. The number of aliphatic hydroxyl groups is 6. The van der Waals surface area contributed by atoms with E-state index in [0.717, 1.165) is 0 Å². The Hall–Kier alpha value is -0.360. The second-order valence-electron chi connectivity index (χ2n) is 6.21. The minimum atomic E-state index is -1.33. The van der Waals surface area contributed by atoms with Crippen LogP contribution in [0.2, 0.25) is 0 Å². The Bertz CT molecular complexity index is 379. The van der Waals surface area contributed by atoms with Gasteiger partial charge in [0.25, 0.3) is 0 Å². The van der Waals surface area contributed by atoms with Crippen LogP contribution in [0.5, 0.6) is 0 Å². The van der Waals surface area contributed by atoms with Crippen molar-refractivity contribution in [2.75, 3.05) is 13.2 Å². The summed E-state index contributed by atoms with van der Waals surface area (Å²) in [5, 5.41) is 58.3. The molecule has 2 fully saturated rings. The molecule has 0 aromatic rings. The van der Waals surface area contributed by atoms with Crippen LogP contribution in [-0.4, -0.2) is 99.0 Å². The zero-order valence-corrected chi connectivity index (χ0v) is 13.1. The molecule has 2 heterocycles. The van der Waals surface area contributed by atoms with Gasteiger partial charge in [-0.2, -0.15) is 0 Å². The highest BCUT2D eigenvalue weighted by Gasteiger charge is 2.48. The third kappa shape index (κ3) is 3.68. The van der Waals surface area contributed by atoms with E-state index < -0.39 is 74.3 Å². The number of rotatable bonds is 4. The van der Waals surface area contributed by atoms with Crippen molar-refractivity contribution in [3.8, 4) is 0 Å². The van der Waals surface area contributed by atoms with Crippen LogP contribution >= 0.6 is 0 Å². The van der Waals surface area contributed by atoms with Gasteiger partial charge in [-0.05, 0) is 6.92 Å². The van der Waals surface area contributed by atoms with Gasteiger partial charge in [0, 0.05) is 5.92 Å². The lowest BCUT2D eigenvalue weighted by Gasteiger charge is -2.46. The average Bonchev–Trinajstić information content (AvgIpc) is 2.54. The molecular weight excluding hydrogens is 312 g/mol. The summed E-state index contributed by atoms with van der Waals surface area (Å²) >= 11 is 0. The Morgan fingerprint density at radius 1 is 0.783 bits per heavy atom. The minimum absolute atomic E-state index is 0.441. The van der Waals surface area contributed by atoms with Crippen LogP contribution in [0.25, 0.3) is 0 Å². The molecule has 0 spiro atoms. The molecule has 23 heavy (non-hydrogen) atoms. The Morgan fingerprint density at radius 2 is 1.30 bits per heavy atom. The van der Waals surface area contributed by atoms with Gasteiger partial charge in [0.1, 0.15) is 36.6 Å². The maximum absolute atomic E-state index is 10.2. The number of ether oxygens (including phenoxy) is 3. The van der Waals surface area contributed by atoms with Gasteiger partial charge in [-0.15, -0.1) is 0 Å². The number of hydrogen-bond donors (Lipinski definition) is 6. The SMILES string of the molecule is CC1C(O)[C@H](O)[C@H](CO)O[C@H]1OC1C(O)[C@H](O)C(CO)O[C@@H]1C. The predicted molar refractivity (Wildman–Crippen MR) is 75.2 cm³/mol. The molecular formula is C14H26O9. The van der Waals surface area contributed by atoms with Gasteiger partial charge in [-0.1, -0.05) is 6.92 Å². The van der Waals surface area contributed by atoms with E-state index in [2.05, 4.69) is 0 Å². The second-order valence-corrected chi connectivity index (χ2v) is 6.21. The number of hydrogen-bond acceptors (Lipinski definition) is 9. The topological polar surface area (TPSA) is 149 Å². The first-order valence-corrected chi connectivity index (χ1v) is 7.72. The molecule has 6 N–H and O–H groups in total. The van der Waals surface area contributed by atoms with E-state index in [9.17, 15) is 25.5 Å². The number of aliphatic hydroxyl groups excluding tert-OH is 6. The third-order valence-electron chi connectivity index (χ3n) is 4.58. The first-order valence-electron chi connectivity index (χ1n) is 7.72. The minimum Gasteiger partial charge on any atom is -0.394 e. The van der Waals surface area contributed by atoms with Crippen molar-refractivity contribution in [1.82, 2.24) is 0 Å². The molecule has 2 aliphatic rings. The van der Waals surface area contributed by atoms with Crippen LogP contribution in [0.4, 0.5) is 0 Å². The van der Waals surface area contributed by atoms with Crippen molar-refractivity contribution < 1.29 is 44.8 Å². The van der Waals surface area contributed by atoms with E-state index in [1.54, 1.807) is 13.8 Å². The van der Waals surface area contributed by atoms with E-state index >= 15 is 0 Å². The molecule has 2 rings (SSSR count). The smallest absolute Gasteiger partial charge is 0.163 e. The second kappa shape index (κ2) is 7.68. The van der Waals surface area contributed by atoms with Crippen LogP contribution < -0.4 is 0 Å². The molecule has 2 aliphatic heterocycles. The summed E-state index contributed by atoms with van der Waals surface area (Å²) in [6, 6.07) is 0. The molecule has 0 aromatic carbocycles. The lowest BCUT2D eigenvalue weighted by Crippen LogP contribution is -2.62. The van der Waals surface area contributed by atoms with Crippen molar-refractivity contribution in [2.45, 2.75) is 69.0 Å². The van der Waals surface area contributed by atoms with Crippen LogP contribution in [0.15, 0.2) is 0 Å². The first-order chi connectivity index (χ1) is 10.8. The summed E-state index contributed by atoms with van der Waals surface area (Å²) in [7, 11) is 0. The van der Waals surface area contributed by atoms with Crippen LogP contribution in [0.1, 0.15) is 13.8 Å². The van der Waals surface area contributed by atoms with Gasteiger partial charge in [0.2, 0.25) is 0 Å². The predicted octanol–water partition coefficient (Wildman–Crippen LogP) is -3.05. The summed E-state index contributed by atoms with van der Waals surface area (Å²) in [5.41, 5.74) is 0. The first kappa shape index (κ1) is 19.0. The maximum atomic E-state index is 10.2. The molecule has 2 saturated heterocycles. The van der Waals surface area contributed by atoms with Crippen molar-refractivity contribution >= 4 is 0 Å². The molecule has 136 valence electrons. The highest BCUT2D eigenvalue weighted by atomic mass is 16.7. The van der Waals surface area contributed by atoms with Crippen LogP contribution in [-0.2, 0) is 14.2 Å². The zero-order valence-electron chi connectivity index (χ0n) is 13.1. The van der Waals surface area contributed by atoms with Gasteiger partial charge < -0.3 is 44.8 Å². The summed E-state index contributed by atoms with van der Waals surface area (Å²) in [5.74, 6) is -0.625. The highest BCUT2D eigenvalue weighted by molar-refractivity contribution is 4.93.